The van der Waals surface area contributed by atoms with Gasteiger partial charge in [-0.3, -0.25) is 9.69 Å². The van der Waals surface area contributed by atoms with Crippen molar-refractivity contribution < 1.29 is 21.8 Å². The number of amides is 1. The van der Waals surface area contributed by atoms with Gasteiger partial charge in [-0.05, 0) is 22.0 Å². The Morgan fingerprint density at radius 1 is 1.58 bits per heavy atom. The molecule has 2 rings (SSSR count). The van der Waals surface area contributed by atoms with Crippen LogP contribution in [0.2, 0.25) is 0 Å². The van der Waals surface area contributed by atoms with E-state index in [1.165, 1.54) is 13.3 Å². The Labute approximate surface area is 117 Å². The molecule has 19 heavy (non-hydrogen) atoms. The monoisotopic (exact) mass is 352 g/mol. The van der Waals surface area contributed by atoms with Crippen LogP contribution in [0.25, 0.3) is 0 Å². The average molecular weight is 353 g/mol. The molecule has 1 aliphatic rings. The summed E-state index contributed by atoms with van der Waals surface area (Å²) in [6.07, 6.45) is 1.06. The molecule has 0 aliphatic carbocycles. The van der Waals surface area contributed by atoms with Crippen molar-refractivity contribution in [3.8, 4) is 5.75 Å². The maximum Gasteiger partial charge on any atom is 0.307 e. The molecule has 0 bridgehead atoms. The molecule has 1 aromatic rings. The lowest BCUT2D eigenvalue weighted by Gasteiger charge is -2.17. The van der Waals surface area contributed by atoms with Crippen molar-refractivity contribution in [2.45, 2.75) is 11.7 Å². The van der Waals surface area contributed by atoms with Gasteiger partial charge in [-0.2, -0.15) is 8.42 Å². The summed E-state index contributed by atoms with van der Waals surface area (Å²) in [5, 5.41) is -1.35. The molecule has 104 valence electrons. The molecule has 0 aromatic carbocycles. The maximum atomic E-state index is 12.9. The molecule has 1 aromatic heterocycles. The highest BCUT2D eigenvalue weighted by Gasteiger charge is 2.40. The van der Waals surface area contributed by atoms with Crippen molar-refractivity contribution in [3.63, 3.8) is 0 Å². The number of methoxy groups -OCH3 is 1. The van der Waals surface area contributed by atoms with E-state index in [2.05, 4.69) is 20.9 Å². The van der Waals surface area contributed by atoms with Crippen LogP contribution in [0.5, 0.6) is 5.75 Å². The highest BCUT2D eigenvalue weighted by molar-refractivity contribution is 9.10. The summed E-state index contributed by atoms with van der Waals surface area (Å²) in [6.45, 7) is -0.261. The normalized spacial score (nSPS) is 19.8. The number of carbonyl (C=O) groups is 1. The zero-order valence-electron chi connectivity index (χ0n) is 9.84. The van der Waals surface area contributed by atoms with E-state index in [0.29, 0.717) is 10.2 Å². The Morgan fingerprint density at radius 3 is 2.79 bits per heavy atom. The second-order valence-electron chi connectivity index (χ2n) is 3.99. The van der Waals surface area contributed by atoms with Crippen LogP contribution < -0.4 is 9.64 Å². The SMILES string of the molecule is COc1cc(Br)cnc1N1CC(S(=O)(=O)F)CC1=O. The van der Waals surface area contributed by atoms with E-state index >= 15 is 0 Å². The lowest BCUT2D eigenvalue weighted by atomic mass is 10.4. The van der Waals surface area contributed by atoms with Crippen molar-refractivity contribution in [2.75, 3.05) is 18.6 Å². The van der Waals surface area contributed by atoms with E-state index in [-0.39, 0.29) is 18.8 Å². The van der Waals surface area contributed by atoms with Gasteiger partial charge < -0.3 is 4.74 Å². The van der Waals surface area contributed by atoms with E-state index < -0.39 is 21.4 Å². The van der Waals surface area contributed by atoms with Crippen LogP contribution in [0.3, 0.4) is 0 Å². The topological polar surface area (TPSA) is 76.6 Å². The number of ether oxygens (including phenoxy) is 1. The molecular formula is C10H10BrFN2O4S. The van der Waals surface area contributed by atoms with Crippen molar-refractivity contribution in [2.24, 2.45) is 0 Å². The Bertz CT molecular complexity index is 622. The first-order chi connectivity index (χ1) is 8.82. The van der Waals surface area contributed by atoms with Crippen LogP contribution in [0.4, 0.5) is 9.70 Å². The lowest BCUT2D eigenvalue weighted by molar-refractivity contribution is -0.117. The highest BCUT2D eigenvalue weighted by atomic mass is 79.9. The largest absolute Gasteiger partial charge is 0.493 e. The van der Waals surface area contributed by atoms with Crippen molar-refractivity contribution in [1.29, 1.82) is 0 Å². The zero-order chi connectivity index (χ0) is 14.2. The first-order valence-electron chi connectivity index (χ1n) is 5.26. The van der Waals surface area contributed by atoms with Crippen LogP contribution in [-0.2, 0) is 15.0 Å². The van der Waals surface area contributed by atoms with E-state index in [1.54, 1.807) is 6.07 Å². The molecule has 0 saturated carbocycles. The summed E-state index contributed by atoms with van der Waals surface area (Å²) in [4.78, 5) is 16.9. The molecule has 1 amide bonds. The van der Waals surface area contributed by atoms with Gasteiger partial charge in [0.05, 0.1) is 7.11 Å². The van der Waals surface area contributed by atoms with Gasteiger partial charge in [0.25, 0.3) is 0 Å². The van der Waals surface area contributed by atoms with Crippen molar-refractivity contribution in [3.05, 3.63) is 16.7 Å². The van der Waals surface area contributed by atoms with Gasteiger partial charge in [0.15, 0.2) is 11.6 Å². The number of anilines is 1. The number of nitrogens with zero attached hydrogens (tertiary/aromatic N) is 2. The molecule has 0 radical (unpaired) electrons. The molecule has 1 saturated heterocycles. The third-order valence-corrected chi connectivity index (χ3v) is 4.31. The number of aromatic nitrogens is 1. The Kier molecular flexibility index (Phi) is 3.77. The average Bonchev–Trinajstić information content (AvgIpc) is 2.71. The molecule has 2 heterocycles. The van der Waals surface area contributed by atoms with Gasteiger partial charge in [-0.1, -0.05) is 0 Å². The van der Waals surface area contributed by atoms with Gasteiger partial charge in [0.1, 0.15) is 5.25 Å². The summed E-state index contributed by atoms with van der Waals surface area (Å²) < 4.78 is 40.4. The minimum atomic E-state index is -4.74. The second-order valence-corrected chi connectivity index (χ2v) is 6.52. The van der Waals surface area contributed by atoms with E-state index in [1.807, 2.05) is 0 Å². The molecule has 1 atom stereocenters. The fourth-order valence-corrected chi connectivity index (χ4v) is 2.81. The highest BCUT2D eigenvalue weighted by Crippen LogP contribution is 2.32. The van der Waals surface area contributed by atoms with Gasteiger partial charge in [0.2, 0.25) is 5.91 Å². The molecular weight excluding hydrogens is 343 g/mol. The minimum Gasteiger partial charge on any atom is -0.493 e. The van der Waals surface area contributed by atoms with Gasteiger partial charge in [-0.25, -0.2) is 4.98 Å². The minimum absolute atomic E-state index is 0.182. The Hall–Kier alpha value is -1.22. The fourth-order valence-electron chi connectivity index (χ4n) is 1.83. The third kappa shape index (κ3) is 2.86. The summed E-state index contributed by atoms with van der Waals surface area (Å²) in [5.41, 5.74) is 0. The standard InChI is InChI=1S/C10H10BrFN2O4S/c1-18-8-2-6(11)4-13-10(8)14-5-7(3-9(14)15)19(12,16)17/h2,4,7H,3,5H2,1H3. The van der Waals surface area contributed by atoms with Gasteiger partial charge >= 0.3 is 10.2 Å². The van der Waals surface area contributed by atoms with Crippen LogP contribution in [-0.4, -0.2) is 38.2 Å². The predicted octanol–water partition coefficient (Wildman–Crippen LogP) is 1.26. The van der Waals surface area contributed by atoms with Crippen LogP contribution in [0, 0.1) is 0 Å². The Balaban J connectivity index is 2.36. The number of hydrogen-bond donors (Lipinski definition) is 0. The quantitative estimate of drug-likeness (QED) is 0.765. The molecule has 0 spiro atoms. The zero-order valence-corrected chi connectivity index (χ0v) is 12.2. The summed E-state index contributed by atoms with van der Waals surface area (Å²) in [6, 6.07) is 1.59. The molecule has 6 nitrogen and oxygen atoms in total. The number of rotatable bonds is 3. The van der Waals surface area contributed by atoms with Gasteiger partial charge in [-0.15, -0.1) is 3.89 Å². The summed E-state index contributed by atoms with van der Waals surface area (Å²) in [7, 11) is -3.34. The number of pyridine rings is 1. The first kappa shape index (κ1) is 14.2. The van der Waals surface area contributed by atoms with Crippen molar-refractivity contribution >= 4 is 37.9 Å². The Morgan fingerprint density at radius 2 is 2.26 bits per heavy atom. The number of hydrogen-bond acceptors (Lipinski definition) is 5. The van der Waals surface area contributed by atoms with Crippen LogP contribution in [0.1, 0.15) is 6.42 Å². The predicted molar refractivity (Wildman–Crippen MR) is 69.3 cm³/mol. The molecule has 0 N–H and O–H groups in total. The molecule has 1 aliphatic heterocycles. The van der Waals surface area contributed by atoms with E-state index in [4.69, 9.17) is 4.74 Å². The smallest absolute Gasteiger partial charge is 0.307 e. The molecule has 1 unspecified atom stereocenters. The first-order valence-corrected chi connectivity index (χ1v) is 7.50. The van der Waals surface area contributed by atoms with Crippen LogP contribution in [0.15, 0.2) is 16.7 Å². The fraction of sp³-hybridized carbons (Fsp3) is 0.400. The van der Waals surface area contributed by atoms with Crippen LogP contribution >= 0.6 is 15.9 Å². The van der Waals surface area contributed by atoms with Crippen molar-refractivity contribution in [1.82, 2.24) is 4.98 Å². The molecule has 9 heteroatoms. The maximum absolute atomic E-state index is 12.9. The number of carbonyl (C=O) groups excluding carboxylic acids is 1. The summed E-state index contributed by atoms with van der Waals surface area (Å²) >= 11 is 3.20. The second kappa shape index (κ2) is 5.04. The van der Waals surface area contributed by atoms with Gasteiger partial charge in [0, 0.05) is 23.6 Å². The summed E-state index contributed by atoms with van der Waals surface area (Å²) in [5.74, 6) is -0.0131. The van der Waals surface area contributed by atoms with E-state index in [9.17, 15) is 17.1 Å². The lowest BCUT2D eigenvalue weighted by Crippen LogP contribution is -2.28. The number of halogens is 2. The van der Waals surface area contributed by atoms with E-state index in [0.717, 1.165) is 4.90 Å². The molecule has 1 fully saturated rings. The third-order valence-electron chi connectivity index (χ3n) is 2.76.